The number of amides is 1. The standard InChI is InChI=1S/C23H21ClFN3O5/c1-14-10-20(28(27-14)17-7-5-16(25)6-8-17)26-21(29)13-33-22(30)9-4-15-11-18(24)23(32-3)19(12-15)31-2/h4-12H,13H2,1-3H3,(H,26,29)/b9-4+. The van der Waals surface area contributed by atoms with Gasteiger partial charge in [0.2, 0.25) is 0 Å². The number of methoxy groups -OCH3 is 2. The number of esters is 1. The summed E-state index contributed by atoms with van der Waals surface area (Å²) in [6.07, 6.45) is 2.64. The van der Waals surface area contributed by atoms with Gasteiger partial charge < -0.3 is 19.5 Å². The first-order chi connectivity index (χ1) is 15.8. The van der Waals surface area contributed by atoms with E-state index >= 15 is 0 Å². The van der Waals surface area contributed by atoms with Crippen LogP contribution >= 0.6 is 11.6 Å². The normalized spacial score (nSPS) is 10.8. The topological polar surface area (TPSA) is 91.7 Å². The number of aromatic nitrogens is 2. The number of carbonyl (C=O) groups is 2. The van der Waals surface area contributed by atoms with Crippen molar-refractivity contribution in [1.82, 2.24) is 9.78 Å². The van der Waals surface area contributed by atoms with Crippen LogP contribution in [0.25, 0.3) is 11.8 Å². The fraction of sp³-hybridized carbons (Fsp3) is 0.174. The fourth-order valence-electron chi connectivity index (χ4n) is 2.93. The van der Waals surface area contributed by atoms with Gasteiger partial charge >= 0.3 is 5.97 Å². The summed E-state index contributed by atoms with van der Waals surface area (Å²) in [5, 5.41) is 7.23. The van der Waals surface area contributed by atoms with Crippen LogP contribution in [0, 0.1) is 12.7 Å². The molecule has 0 aliphatic carbocycles. The highest BCUT2D eigenvalue weighted by Crippen LogP contribution is 2.36. The molecule has 3 rings (SSSR count). The summed E-state index contributed by atoms with van der Waals surface area (Å²) in [7, 11) is 2.94. The third-order valence-corrected chi connectivity index (χ3v) is 4.66. The van der Waals surface area contributed by atoms with Gasteiger partial charge in [0.15, 0.2) is 18.1 Å². The smallest absolute Gasteiger partial charge is 0.331 e. The average Bonchev–Trinajstić information content (AvgIpc) is 3.16. The average molecular weight is 474 g/mol. The minimum atomic E-state index is -0.723. The van der Waals surface area contributed by atoms with E-state index in [4.69, 9.17) is 25.8 Å². The second kappa shape index (κ2) is 10.6. The monoisotopic (exact) mass is 473 g/mol. The van der Waals surface area contributed by atoms with Crippen LogP contribution < -0.4 is 14.8 Å². The van der Waals surface area contributed by atoms with E-state index in [1.165, 1.54) is 49.2 Å². The van der Waals surface area contributed by atoms with E-state index in [9.17, 15) is 14.0 Å². The SMILES string of the molecule is COc1cc(/C=C/C(=O)OCC(=O)Nc2cc(C)nn2-c2ccc(F)cc2)cc(Cl)c1OC. The molecule has 1 N–H and O–H groups in total. The number of nitrogens with zero attached hydrogens (tertiary/aromatic N) is 2. The van der Waals surface area contributed by atoms with Crippen LogP contribution in [-0.2, 0) is 14.3 Å². The Morgan fingerprint density at radius 3 is 2.55 bits per heavy atom. The molecule has 172 valence electrons. The zero-order valence-corrected chi connectivity index (χ0v) is 18.9. The summed E-state index contributed by atoms with van der Waals surface area (Å²) in [4.78, 5) is 24.3. The van der Waals surface area contributed by atoms with E-state index in [1.807, 2.05) is 0 Å². The van der Waals surface area contributed by atoms with Gasteiger partial charge in [-0.2, -0.15) is 5.10 Å². The predicted molar refractivity (Wildman–Crippen MR) is 121 cm³/mol. The quantitative estimate of drug-likeness (QED) is 0.389. The van der Waals surface area contributed by atoms with Crippen molar-refractivity contribution in [2.75, 3.05) is 26.1 Å². The van der Waals surface area contributed by atoms with Gasteiger partial charge in [-0.3, -0.25) is 4.79 Å². The van der Waals surface area contributed by atoms with Gasteiger partial charge in [0.25, 0.3) is 5.91 Å². The number of benzene rings is 2. The lowest BCUT2D eigenvalue weighted by Crippen LogP contribution is -2.21. The van der Waals surface area contributed by atoms with Crippen LogP contribution in [0.15, 0.2) is 48.5 Å². The first-order valence-corrected chi connectivity index (χ1v) is 10.1. The van der Waals surface area contributed by atoms with Gasteiger partial charge in [0.1, 0.15) is 11.6 Å². The molecule has 0 radical (unpaired) electrons. The largest absolute Gasteiger partial charge is 0.493 e. The molecule has 0 aliphatic rings. The number of rotatable bonds is 8. The Morgan fingerprint density at radius 1 is 1.15 bits per heavy atom. The zero-order chi connectivity index (χ0) is 24.0. The minimum Gasteiger partial charge on any atom is -0.493 e. The van der Waals surface area contributed by atoms with E-state index in [2.05, 4.69) is 10.4 Å². The Balaban J connectivity index is 1.60. The van der Waals surface area contributed by atoms with Crippen molar-refractivity contribution in [1.29, 1.82) is 0 Å². The molecular weight excluding hydrogens is 453 g/mol. The Labute approximate surface area is 194 Å². The van der Waals surface area contributed by atoms with Crippen LogP contribution in [0.4, 0.5) is 10.2 Å². The number of ether oxygens (including phenoxy) is 3. The summed E-state index contributed by atoms with van der Waals surface area (Å²) in [5.41, 5.74) is 1.79. The molecule has 0 aliphatic heterocycles. The highest BCUT2D eigenvalue weighted by Gasteiger charge is 2.13. The van der Waals surface area contributed by atoms with Crippen molar-refractivity contribution < 1.29 is 28.2 Å². The lowest BCUT2D eigenvalue weighted by molar-refractivity contribution is -0.142. The Morgan fingerprint density at radius 2 is 1.88 bits per heavy atom. The molecule has 33 heavy (non-hydrogen) atoms. The number of carbonyl (C=O) groups excluding carboxylic acids is 2. The maximum Gasteiger partial charge on any atom is 0.331 e. The first kappa shape index (κ1) is 23.8. The summed E-state index contributed by atoms with van der Waals surface area (Å²) in [6.45, 7) is 1.24. The van der Waals surface area contributed by atoms with E-state index in [-0.39, 0.29) is 5.82 Å². The molecule has 0 fully saturated rings. The van der Waals surface area contributed by atoms with E-state index < -0.39 is 18.5 Å². The van der Waals surface area contributed by atoms with Crippen LogP contribution in [-0.4, -0.2) is 42.5 Å². The Hall–Kier alpha value is -3.85. The summed E-state index contributed by atoms with van der Waals surface area (Å²) in [5.74, 6) is -0.524. The third kappa shape index (κ3) is 6.11. The zero-order valence-electron chi connectivity index (χ0n) is 18.1. The fourth-order valence-corrected chi connectivity index (χ4v) is 3.23. The summed E-state index contributed by atoms with van der Waals surface area (Å²) in [6, 6.07) is 10.5. The van der Waals surface area contributed by atoms with Crippen molar-refractivity contribution in [3.63, 3.8) is 0 Å². The van der Waals surface area contributed by atoms with Crippen LogP contribution in [0.3, 0.4) is 0 Å². The van der Waals surface area contributed by atoms with Crippen molar-refractivity contribution >= 4 is 35.4 Å². The predicted octanol–water partition coefficient (Wildman–Crippen LogP) is 4.19. The second-order valence-corrected chi connectivity index (χ2v) is 7.19. The molecule has 3 aromatic rings. The van der Waals surface area contributed by atoms with Gasteiger partial charge in [-0.1, -0.05) is 11.6 Å². The maximum absolute atomic E-state index is 13.2. The molecule has 10 heteroatoms. The molecule has 8 nitrogen and oxygen atoms in total. The van der Waals surface area contributed by atoms with Gasteiger partial charge in [0.05, 0.1) is 30.6 Å². The molecular formula is C23H21ClFN3O5. The molecule has 2 aromatic carbocycles. The van der Waals surface area contributed by atoms with E-state index in [0.29, 0.717) is 39.3 Å². The number of hydrogen-bond acceptors (Lipinski definition) is 6. The van der Waals surface area contributed by atoms with Crippen LogP contribution in [0.5, 0.6) is 11.5 Å². The van der Waals surface area contributed by atoms with Crippen LogP contribution in [0.2, 0.25) is 5.02 Å². The Bertz CT molecular complexity index is 1190. The lowest BCUT2D eigenvalue weighted by Gasteiger charge is -2.10. The Kier molecular flexibility index (Phi) is 7.68. The molecule has 0 saturated heterocycles. The van der Waals surface area contributed by atoms with Gasteiger partial charge in [0, 0.05) is 12.1 Å². The van der Waals surface area contributed by atoms with Crippen molar-refractivity contribution in [2.24, 2.45) is 0 Å². The number of aryl methyl sites for hydroxylation is 1. The maximum atomic E-state index is 13.2. The molecule has 0 bridgehead atoms. The first-order valence-electron chi connectivity index (χ1n) is 9.69. The van der Waals surface area contributed by atoms with Gasteiger partial charge in [-0.15, -0.1) is 0 Å². The highest BCUT2D eigenvalue weighted by molar-refractivity contribution is 6.32. The number of nitrogens with one attached hydrogen (secondary N) is 1. The number of hydrogen-bond donors (Lipinski definition) is 1. The molecule has 0 saturated carbocycles. The molecule has 0 unspecified atom stereocenters. The molecule has 1 aromatic heterocycles. The van der Waals surface area contributed by atoms with Crippen molar-refractivity contribution in [3.8, 4) is 17.2 Å². The summed E-state index contributed by atoms with van der Waals surface area (Å²) < 4.78 is 30.0. The molecule has 1 heterocycles. The van der Waals surface area contributed by atoms with Gasteiger partial charge in [-0.05, 0) is 55.0 Å². The van der Waals surface area contributed by atoms with E-state index in [0.717, 1.165) is 6.08 Å². The van der Waals surface area contributed by atoms with Crippen molar-refractivity contribution in [2.45, 2.75) is 6.92 Å². The van der Waals surface area contributed by atoms with Gasteiger partial charge in [-0.25, -0.2) is 13.9 Å². The van der Waals surface area contributed by atoms with Crippen LogP contribution in [0.1, 0.15) is 11.3 Å². The summed E-state index contributed by atoms with van der Waals surface area (Å²) >= 11 is 6.14. The van der Waals surface area contributed by atoms with Crippen molar-refractivity contribution in [3.05, 3.63) is 70.6 Å². The number of halogens is 2. The highest BCUT2D eigenvalue weighted by atomic mass is 35.5. The van der Waals surface area contributed by atoms with E-state index in [1.54, 1.807) is 25.1 Å². The molecule has 1 amide bonds. The minimum absolute atomic E-state index is 0.317. The molecule has 0 spiro atoms. The third-order valence-electron chi connectivity index (χ3n) is 4.38. The lowest BCUT2D eigenvalue weighted by atomic mass is 10.2. The number of anilines is 1. The molecule has 0 atom stereocenters. The second-order valence-electron chi connectivity index (χ2n) is 6.79.